The normalized spacial score (nSPS) is 16.6. The Kier molecular flexibility index (Phi) is 6.65. The zero-order valence-corrected chi connectivity index (χ0v) is 20.1. The number of fused-ring (bicyclic) bond motifs is 1. The van der Waals surface area contributed by atoms with Gasteiger partial charge in [-0.3, -0.25) is 14.2 Å². The van der Waals surface area contributed by atoms with E-state index in [0.29, 0.717) is 17.5 Å². The number of aromatic nitrogens is 2. The Hall–Kier alpha value is -1.64. The smallest absolute Gasteiger partial charge is 0.263 e. The van der Waals surface area contributed by atoms with Gasteiger partial charge in [0.15, 0.2) is 5.16 Å². The highest BCUT2D eigenvalue weighted by Gasteiger charge is 2.30. The number of aryl methyl sites for hydroxylation is 2. The molecule has 1 unspecified atom stereocenters. The largest absolute Gasteiger partial charge is 0.334 e. The zero-order valence-electron chi connectivity index (χ0n) is 17.6. The number of rotatable bonds is 7. The standard InChI is InChI=1S/C22H27N3O2S3/c1-4-5-10-25-21(27)19-14(2)15(3)30-20(19)23-22(25)29-13-18(26)24-11-6-8-16(24)17-9-7-12-28-17/h7,9,12,16H,4-6,8,10-11,13H2,1-3H3. The van der Waals surface area contributed by atoms with Gasteiger partial charge in [0, 0.05) is 22.8 Å². The molecule has 1 amide bonds. The molecule has 4 heterocycles. The van der Waals surface area contributed by atoms with Crippen LogP contribution in [0.3, 0.4) is 0 Å². The molecule has 1 aliphatic heterocycles. The lowest BCUT2D eigenvalue weighted by molar-refractivity contribution is -0.129. The molecule has 3 aromatic heterocycles. The highest BCUT2D eigenvalue weighted by Crippen LogP contribution is 2.35. The number of hydrogen-bond acceptors (Lipinski definition) is 6. The van der Waals surface area contributed by atoms with Crippen molar-refractivity contribution in [2.45, 2.75) is 64.2 Å². The maximum atomic E-state index is 13.2. The van der Waals surface area contributed by atoms with Crippen molar-refractivity contribution in [3.05, 3.63) is 43.2 Å². The highest BCUT2D eigenvalue weighted by molar-refractivity contribution is 7.99. The minimum Gasteiger partial charge on any atom is -0.334 e. The van der Waals surface area contributed by atoms with Crippen LogP contribution in [0.25, 0.3) is 10.2 Å². The van der Waals surface area contributed by atoms with Crippen LogP contribution in [0, 0.1) is 13.8 Å². The van der Waals surface area contributed by atoms with Crippen molar-refractivity contribution in [3.8, 4) is 0 Å². The Morgan fingerprint density at radius 1 is 1.37 bits per heavy atom. The van der Waals surface area contributed by atoms with Gasteiger partial charge in [0.25, 0.3) is 5.56 Å². The first-order valence-corrected chi connectivity index (χ1v) is 13.2. The van der Waals surface area contributed by atoms with E-state index >= 15 is 0 Å². The Bertz CT molecular complexity index is 1100. The molecule has 1 aliphatic rings. The third-order valence-electron chi connectivity index (χ3n) is 5.76. The average molecular weight is 462 g/mol. The lowest BCUT2D eigenvalue weighted by Gasteiger charge is -2.24. The van der Waals surface area contributed by atoms with Crippen molar-refractivity contribution in [2.75, 3.05) is 12.3 Å². The van der Waals surface area contributed by atoms with Crippen LogP contribution >= 0.6 is 34.4 Å². The molecule has 0 spiro atoms. The topological polar surface area (TPSA) is 55.2 Å². The number of thioether (sulfide) groups is 1. The number of hydrogen-bond donors (Lipinski definition) is 0. The number of unbranched alkanes of at least 4 members (excludes halogenated alkanes) is 1. The van der Waals surface area contributed by atoms with E-state index in [1.54, 1.807) is 27.2 Å². The minimum absolute atomic E-state index is 0.0304. The van der Waals surface area contributed by atoms with E-state index in [1.165, 1.54) is 16.6 Å². The van der Waals surface area contributed by atoms with E-state index in [-0.39, 0.29) is 17.5 Å². The van der Waals surface area contributed by atoms with Crippen molar-refractivity contribution >= 4 is 50.6 Å². The molecule has 0 bridgehead atoms. The fraction of sp³-hybridized carbons (Fsp3) is 0.500. The molecule has 160 valence electrons. The monoisotopic (exact) mass is 461 g/mol. The molecule has 8 heteroatoms. The van der Waals surface area contributed by atoms with Crippen LogP contribution in [0.15, 0.2) is 27.5 Å². The van der Waals surface area contributed by atoms with Gasteiger partial charge in [-0.1, -0.05) is 31.2 Å². The minimum atomic E-state index is 0.0304. The van der Waals surface area contributed by atoms with E-state index < -0.39 is 0 Å². The second-order valence-electron chi connectivity index (χ2n) is 7.72. The first kappa shape index (κ1) is 21.6. The van der Waals surface area contributed by atoms with Gasteiger partial charge in [-0.2, -0.15) is 0 Å². The van der Waals surface area contributed by atoms with Crippen molar-refractivity contribution in [2.24, 2.45) is 0 Å². The Morgan fingerprint density at radius 3 is 2.93 bits per heavy atom. The Morgan fingerprint density at radius 2 is 2.20 bits per heavy atom. The first-order valence-electron chi connectivity index (χ1n) is 10.5. The van der Waals surface area contributed by atoms with Crippen LogP contribution in [0.2, 0.25) is 0 Å². The molecule has 1 fully saturated rings. The molecular weight excluding hydrogens is 434 g/mol. The van der Waals surface area contributed by atoms with E-state index in [2.05, 4.69) is 18.4 Å². The predicted octanol–water partition coefficient (Wildman–Crippen LogP) is 5.39. The van der Waals surface area contributed by atoms with Gasteiger partial charge in [-0.15, -0.1) is 22.7 Å². The number of carbonyl (C=O) groups is 1. The van der Waals surface area contributed by atoms with Gasteiger partial charge in [-0.05, 0) is 50.1 Å². The number of amides is 1. The van der Waals surface area contributed by atoms with Crippen LogP contribution < -0.4 is 5.56 Å². The van der Waals surface area contributed by atoms with Crippen molar-refractivity contribution in [3.63, 3.8) is 0 Å². The molecule has 0 radical (unpaired) electrons. The average Bonchev–Trinajstić information content (AvgIpc) is 3.46. The molecule has 0 N–H and O–H groups in total. The van der Waals surface area contributed by atoms with Crippen molar-refractivity contribution in [1.82, 2.24) is 14.5 Å². The predicted molar refractivity (Wildman–Crippen MR) is 127 cm³/mol. The quantitative estimate of drug-likeness (QED) is 0.350. The van der Waals surface area contributed by atoms with Gasteiger partial charge in [-0.25, -0.2) is 4.98 Å². The molecule has 30 heavy (non-hydrogen) atoms. The SMILES string of the molecule is CCCCn1c(SCC(=O)N2CCCC2c2cccs2)nc2sc(C)c(C)c2c1=O. The van der Waals surface area contributed by atoms with Crippen molar-refractivity contribution in [1.29, 1.82) is 0 Å². The summed E-state index contributed by atoms with van der Waals surface area (Å²) in [4.78, 5) is 36.3. The van der Waals surface area contributed by atoms with Gasteiger partial charge in [0.1, 0.15) is 4.83 Å². The molecule has 5 nitrogen and oxygen atoms in total. The summed E-state index contributed by atoms with van der Waals surface area (Å²) in [6.45, 7) is 7.60. The second-order valence-corrected chi connectivity index (χ2v) is 10.8. The molecule has 4 rings (SSSR count). The summed E-state index contributed by atoms with van der Waals surface area (Å²) in [5, 5.41) is 3.48. The van der Waals surface area contributed by atoms with Crippen molar-refractivity contribution < 1.29 is 4.79 Å². The summed E-state index contributed by atoms with van der Waals surface area (Å²) in [5.74, 6) is 0.445. The molecule has 0 saturated carbocycles. The zero-order chi connectivity index (χ0) is 21.3. The molecule has 0 aliphatic carbocycles. The molecular formula is C22H27N3O2S3. The lowest BCUT2D eigenvalue weighted by Crippen LogP contribution is -2.32. The highest BCUT2D eigenvalue weighted by atomic mass is 32.2. The van der Waals surface area contributed by atoms with E-state index in [1.807, 2.05) is 24.8 Å². The van der Waals surface area contributed by atoms with Crippen LogP contribution in [-0.4, -0.2) is 32.7 Å². The van der Waals surface area contributed by atoms with E-state index in [9.17, 15) is 9.59 Å². The first-order chi connectivity index (χ1) is 14.5. The van der Waals surface area contributed by atoms with Gasteiger partial charge >= 0.3 is 0 Å². The molecule has 0 aromatic carbocycles. The summed E-state index contributed by atoms with van der Waals surface area (Å²) < 4.78 is 1.78. The maximum Gasteiger partial charge on any atom is 0.263 e. The summed E-state index contributed by atoms with van der Waals surface area (Å²) >= 11 is 4.69. The summed E-state index contributed by atoms with van der Waals surface area (Å²) in [5.41, 5.74) is 1.06. The van der Waals surface area contributed by atoms with Gasteiger partial charge < -0.3 is 4.90 Å². The fourth-order valence-corrected chi connectivity index (χ4v) is 6.84. The summed E-state index contributed by atoms with van der Waals surface area (Å²) in [7, 11) is 0. The number of nitrogens with zero attached hydrogens (tertiary/aromatic N) is 3. The van der Waals surface area contributed by atoms with E-state index in [4.69, 9.17) is 4.98 Å². The lowest BCUT2D eigenvalue weighted by atomic mass is 10.2. The van der Waals surface area contributed by atoms with Gasteiger partial charge in [0.2, 0.25) is 5.91 Å². The van der Waals surface area contributed by atoms with Crippen LogP contribution in [0.1, 0.15) is 54.0 Å². The summed E-state index contributed by atoms with van der Waals surface area (Å²) in [6.07, 6.45) is 3.99. The van der Waals surface area contributed by atoms with Crippen LogP contribution in [0.4, 0.5) is 0 Å². The molecule has 3 aromatic rings. The second kappa shape index (κ2) is 9.24. The molecule has 1 saturated heterocycles. The molecule has 1 atom stereocenters. The summed E-state index contributed by atoms with van der Waals surface area (Å²) in [6, 6.07) is 4.36. The Balaban J connectivity index is 1.58. The van der Waals surface area contributed by atoms with E-state index in [0.717, 1.165) is 52.9 Å². The number of likely N-dealkylation sites (tertiary alicyclic amines) is 1. The number of thiophene rings is 2. The number of carbonyl (C=O) groups excluding carboxylic acids is 1. The third-order valence-corrected chi connectivity index (χ3v) is 8.79. The van der Waals surface area contributed by atoms with Gasteiger partial charge in [0.05, 0.1) is 17.2 Å². The third kappa shape index (κ3) is 4.09. The van der Waals surface area contributed by atoms with Crippen LogP contribution in [0.5, 0.6) is 0 Å². The Labute approximate surface area is 189 Å². The van der Waals surface area contributed by atoms with Crippen LogP contribution in [-0.2, 0) is 11.3 Å². The maximum absolute atomic E-state index is 13.2. The fourth-order valence-electron chi connectivity index (χ4n) is 3.98.